The second-order valence-electron chi connectivity index (χ2n) is 6.15. The molecule has 0 spiro atoms. The maximum atomic E-state index is 12.5. The molecule has 7 nitrogen and oxygen atoms in total. The minimum Gasteiger partial charge on any atom is -0.399 e. The minimum absolute atomic E-state index is 0.00433. The lowest BCUT2D eigenvalue weighted by Gasteiger charge is -2.33. The topological polar surface area (TPSA) is 90.5 Å². The van der Waals surface area contributed by atoms with Gasteiger partial charge in [0.15, 0.2) is 0 Å². The van der Waals surface area contributed by atoms with Crippen LogP contribution in [0.4, 0.5) is 5.69 Å². The predicted molar refractivity (Wildman–Crippen MR) is 94.0 cm³/mol. The molecule has 1 aliphatic heterocycles. The normalized spacial score (nSPS) is 17.5. The van der Waals surface area contributed by atoms with E-state index in [0.29, 0.717) is 31.9 Å². The van der Waals surface area contributed by atoms with E-state index in [4.69, 9.17) is 10.5 Å². The average molecular weight is 342 g/mol. The number of morpholine rings is 1. The van der Waals surface area contributed by atoms with Crippen LogP contribution in [-0.2, 0) is 16.1 Å². The Morgan fingerprint density at radius 1 is 1.40 bits per heavy atom. The van der Waals surface area contributed by atoms with Gasteiger partial charge in [-0.25, -0.2) is 0 Å². The molecule has 0 bridgehead atoms. The van der Waals surface area contributed by atoms with Gasteiger partial charge in [0.1, 0.15) is 6.10 Å². The fourth-order valence-electron chi connectivity index (χ4n) is 2.96. The quantitative estimate of drug-likeness (QED) is 0.899. The number of ether oxygens (including phenoxy) is 1. The molecule has 1 amide bonds. The SMILES string of the molecule is Cc1cc(N)cc(C2CN(C(=O)CCn3ccccc3=O)CCO2)n1. The standard InChI is InChI=1S/C18H22N4O3/c1-13-10-14(19)11-15(20-13)16-12-22(8-9-25-16)18(24)5-7-21-6-3-2-4-17(21)23/h2-4,6,10-11,16H,5,7-9,12H2,1H3,(H2,19,20). The van der Waals surface area contributed by atoms with Gasteiger partial charge in [0, 0.05) is 43.2 Å². The first-order valence-corrected chi connectivity index (χ1v) is 8.32. The summed E-state index contributed by atoms with van der Waals surface area (Å²) in [5, 5.41) is 0. The first-order chi connectivity index (χ1) is 12.0. The first kappa shape index (κ1) is 17.2. The number of anilines is 1. The number of hydrogen-bond acceptors (Lipinski definition) is 5. The van der Waals surface area contributed by atoms with Crippen LogP contribution in [0.5, 0.6) is 0 Å². The zero-order valence-electron chi connectivity index (χ0n) is 14.2. The molecule has 7 heteroatoms. The molecular weight excluding hydrogens is 320 g/mol. The van der Waals surface area contributed by atoms with Gasteiger partial charge in [-0.15, -0.1) is 0 Å². The minimum atomic E-state index is -0.278. The summed E-state index contributed by atoms with van der Waals surface area (Å²) < 4.78 is 7.31. The Hall–Kier alpha value is -2.67. The van der Waals surface area contributed by atoms with E-state index in [2.05, 4.69) is 4.98 Å². The predicted octanol–water partition coefficient (Wildman–Crippen LogP) is 1.12. The van der Waals surface area contributed by atoms with Crippen molar-refractivity contribution in [2.24, 2.45) is 0 Å². The Bertz CT molecular complexity index is 798. The number of amides is 1. The third-order valence-electron chi connectivity index (χ3n) is 4.21. The van der Waals surface area contributed by atoms with Crippen molar-refractivity contribution in [3.63, 3.8) is 0 Å². The molecule has 0 saturated carbocycles. The summed E-state index contributed by atoms with van der Waals surface area (Å²) in [7, 11) is 0. The van der Waals surface area contributed by atoms with Crippen LogP contribution in [0, 0.1) is 6.92 Å². The number of aryl methyl sites for hydroxylation is 2. The molecule has 2 aromatic rings. The summed E-state index contributed by atoms with van der Waals surface area (Å²) in [5.41, 5.74) is 7.98. The summed E-state index contributed by atoms with van der Waals surface area (Å²) >= 11 is 0. The van der Waals surface area contributed by atoms with Gasteiger partial charge in [0.25, 0.3) is 5.56 Å². The number of carbonyl (C=O) groups is 1. The van der Waals surface area contributed by atoms with Crippen molar-refractivity contribution in [2.45, 2.75) is 26.0 Å². The zero-order chi connectivity index (χ0) is 17.8. The fraction of sp³-hybridized carbons (Fsp3) is 0.389. The summed E-state index contributed by atoms with van der Waals surface area (Å²) in [4.78, 5) is 30.4. The Morgan fingerprint density at radius 3 is 3.00 bits per heavy atom. The Morgan fingerprint density at radius 2 is 2.24 bits per heavy atom. The molecule has 3 heterocycles. The third kappa shape index (κ3) is 4.24. The van der Waals surface area contributed by atoms with Gasteiger partial charge in [-0.1, -0.05) is 6.07 Å². The molecule has 0 aliphatic carbocycles. The van der Waals surface area contributed by atoms with E-state index < -0.39 is 0 Å². The smallest absolute Gasteiger partial charge is 0.250 e. The number of nitrogen functional groups attached to an aromatic ring is 1. The highest BCUT2D eigenvalue weighted by Crippen LogP contribution is 2.23. The van der Waals surface area contributed by atoms with Crippen molar-refractivity contribution >= 4 is 11.6 Å². The molecule has 1 fully saturated rings. The van der Waals surface area contributed by atoms with E-state index >= 15 is 0 Å². The number of nitrogens with two attached hydrogens (primary N) is 1. The van der Waals surface area contributed by atoms with Gasteiger partial charge in [-0.2, -0.15) is 0 Å². The summed E-state index contributed by atoms with van der Waals surface area (Å²) in [6, 6.07) is 8.54. The van der Waals surface area contributed by atoms with Crippen LogP contribution in [0.15, 0.2) is 41.3 Å². The van der Waals surface area contributed by atoms with Crippen molar-refractivity contribution in [3.05, 3.63) is 58.3 Å². The van der Waals surface area contributed by atoms with Crippen molar-refractivity contribution in [3.8, 4) is 0 Å². The summed E-state index contributed by atoms with van der Waals surface area (Å²) in [6.07, 6.45) is 1.69. The van der Waals surface area contributed by atoms with Gasteiger partial charge in [-0.05, 0) is 25.1 Å². The molecule has 2 N–H and O–H groups in total. The maximum absolute atomic E-state index is 12.5. The van der Waals surface area contributed by atoms with Crippen LogP contribution in [0.3, 0.4) is 0 Å². The van der Waals surface area contributed by atoms with Crippen LogP contribution < -0.4 is 11.3 Å². The van der Waals surface area contributed by atoms with Crippen molar-refractivity contribution in [1.29, 1.82) is 0 Å². The third-order valence-corrected chi connectivity index (χ3v) is 4.21. The number of pyridine rings is 2. The monoisotopic (exact) mass is 342 g/mol. The highest BCUT2D eigenvalue weighted by atomic mass is 16.5. The maximum Gasteiger partial charge on any atom is 0.250 e. The van der Waals surface area contributed by atoms with E-state index in [1.54, 1.807) is 39.9 Å². The Balaban J connectivity index is 1.63. The molecule has 0 radical (unpaired) electrons. The fourth-order valence-corrected chi connectivity index (χ4v) is 2.96. The van der Waals surface area contributed by atoms with E-state index in [0.717, 1.165) is 11.4 Å². The van der Waals surface area contributed by atoms with Crippen LogP contribution in [0.1, 0.15) is 23.9 Å². The number of nitrogens with zero attached hydrogens (tertiary/aromatic N) is 3. The molecule has 1 saturated heterocycles. The number of aromatic nitrogens is 2. The van der Waals surface area contributed by atoms with Gasteiger partial charge < -0.3 is 19.9 Å². The second-order valence-corrected chi connectivity index (χ2v) is 6.15. The molecule has 3 rings (SSSR count). The highest BCUT2D eigenvalue weighted by Gasteiger charge is 2.26. The second kappa shape index (κ2) is 7.48. The zero-order valence-corrected chi connectivity index (χ0v) is 14.2. The van der Waals surface area contributed by atoms with Gasteiger partial charge in [0.05, 0.1) is 18.8 Å². The molecule has 2 aromatic heterocycles. The lowest BCUT2D eigenvalue weighted by atomic mass is 10.1. The lowest BCUT2D eigenvalue weighted by Crippen LogP contribution is -2.43. The average Bonchev–Trinajstić information content (AvgIpc) is 2.60. The van der Waals surface area contributed by atoms with E-state index in [9.17, 15) is 9.59 Å². The Kier molecular flexibility index (Phi) is 5.14. The van der Waals surface area contributed by atoms with Gasteiger partial charge in [0.2, 0.25) is 5.91 Å². The van der Waals surface area contributed by atoms with Gasteiger partial charge >= 0.3 is 0 Å². The van der Waals surface area contributed by atoms with Crippen molar-refractivity contribution in [2.75, 3.05) is 25.4 Å². The van der Waals surface area contributed by atoms with E-state index in [1.807, 2.05) is 6.92 Å². The largest absolute Gasteiger partial charge is 0.399 e. The molecule has 1 aliphatic rings. The van der Waals surface area contributed by atoms with E-state index in [-0.39, 0.29) is 24.0 Å². The number of carbonyl (C=O) groups excluding carboxylic acids is 1. The Labute approximate surface area is 146 Å². The number of rotatable bonds is 4. The summed E-state index contributed by atoms with van der Waals surface area (Å²) in [5.74, 6) is 0.00433. The van der Waals surface area contributed by atoms with Crippen LogP contribution >= 0.6 is 0 Å². The molecule has 1 atom stereocenters. The van der Waals surface area contributed by atoms with Crippen LogP contribution in [0.25, 0.3) is 0 Å². The number of hydrogen-bond donors (Lipinski definition) is 1. The molecular formula is C18H22N4O3. The molecule has 25 heavy (non-hydrogen) atoms. The van der Waals surface area contributed by atoms with Crippen LogP contribution in [0.2, 0.25) is 0 Å². The first-order valence-electron chi connectivity index (χ1n) is 8.32. The highest BCUT2D eigenvalue weighted by molar-refractivity contribution is 5.76. The van der Waals surface area contributed by atoms with Crippen molar-refractivity contribution < 1.29 is 9.53 Å². The van der Waals surface area contributed by atoms with Crippen LogP contribution in [-0.4, -0.2) is 40.1 Å². The molecule has 0 aromatic carbocycles. The molecule has 1 unspecified atom stereocenters. The molecule has 132 valence electrons. The summed E-state index contributed by atoms with van der Waals surface area (Å²) in [6.45, 7) is 3.69. The lowest BCUT2D eigenvalue weighted by molar-refractivity contribution is -0.139. The van der Waals surface area contributed by atoms with Crippen molar-refractivity contribution in [1.82, 2.24) is 14.5 Å². The van der Waals surface area contributed by atoms with E-state index in [1.165, 1.54) is 6.07 Å². The van der Waals surface area contributed by atoms with Gasteiger partial charge in [-0.3, -0.25) is 14.6 Å².